The Morgan fingerprint density at radius 2 is 1.83 bits per heavy atom. The van der Waals surface area contributed by atoms with Crippen LogP contribution >= 0.6 is 15.9 Å². The summed E-state index contributed by atoms with van der Waals surface area (Å²) in [5, 5.41) is 3.39. The molecule has 0 fully saturated rings. The van der Waals surface area contributed by atoms with Crippen molar-refractivity contribution in [2.75, 3.05) is 10.7 Å². The standard InChI is InChI=1S/C13H15BrN4/c1-8-5-10(14)6-9(2)13(8)17-11-3-4-16-12(7-11)18-15/h3-7H,15H2,1-2H3,(H2,16,17,18). The monoisotopic (exact) mass is 306 g/mol. The minimum Gasteiger partial charge on any atom is -0.355 e. The van der Waals surface area contributed by atoms with Crippen molar-refractivity contribution in [1.29, 1.82) is 0 Å². The number of nitrogen functional groups attached to an aromatic ring is 1. The molecule has 5 heteroatoms. The summed E-state index contributed by atoms with van der Waals surface area (Å²) >= 11 is 3.49. The smallest absolute Gasteiger partial charge is 0.141 e. The van der Waals surface area contributed by atoms with E-state index < -0.39 is 0 Å². The minimum atomic E-state index is 0.632. The molecule has 4 nitrogen and oxygen atoms in total. The highest BCUT2D eigenvalue weighted by Gasteiger charge is 2.05. The summed E-state index contributed by atoms with van der Waals surface area (Å²) < 4.78 is 1.09. The molecular formula is C13H15BrN4. The van der Waals surface area contributed by atoms with Crippen LogP contribution in [0.4, 0.5) is 17.2 Å². The number of nitrogens with one attached hydrogen (secondary N) is 2. The summed E-state index contributed by atoms with van der Waals surface area (Å²) in [6, 6.07) is 7.93. The molecule has 1 aromatic carbocycles. The van der Waals surface area contributed by atoms with Gasteiger partial charge in [0.2, 0.25) is 0 Å². The lowest BCUT2D eigenvalue weighted by Gasteiger charge is -2.14. The Balaban J connectivity index is 2.33. The number of aryl methyl sites for hydroxylation is 2. The number of benzene rings is 1. The van der Waals surface area contributed by atoms with Crippen LogP contribution in [0.3, 0.4) is 0 Å². The Morgan fingerprint density at radius 1 is 1.17 bits per heavy atom. The Bertz CT molecular complexity index is 546. The van der Waals surface area contributed by atoms with Gasteiger partial charge in [0.25, 0.3) is 0 Å². The summed E-state index contributed by atoms with van der Waals surface area (Å²) in [5.74, 6) is 5.98. The third-order valence-electron chi connectivity index (χ3n) is 2.67. The van der Waals surface area contributed by atoms with Crippen molar-refractivity contribution in [3.63, 3.8) is 0 Å². The molecule has 94 valence electrons. The lowest BCUT2D eigenvalue weighted by atomic mass is 10.1. The van der Waals surface area contributed by atoms with Crippen LogP contribution < -0.4 is 16.6 Å². The quantitative estimate of drug-likeness (QED) is 0.600. The van der Waals surface area contributed by atoms with E-state index in [0.717, 1.165) is 15.8 Å². The van der Waals surface area contributed by atoms with Gasteiger partial charge >= 0.3 is 0 Å². The zero-order valence-corrected chi connectivity index (χ0v) is 11.9. The van der Waals surface area contributed by atoms with Crippen LogP contribution in [0.25, 0.3) is 0 Å². The second kappa shape index (κ2) is 5.37. The van der Waals surface area contributed by atoms with E-state index >= 15 is 0 Å². The fourth-order valence-corrected chi connectivity index (χ4v) is 2.53. The van der Waals surface area contributed by atoms with Crippen LogP contribution in [0.2, 0.25) is 0 Å². The summed E-state index contributed by atoms with van der Waals surface area (Å²) in [6.45, 7) is 4.15. The molecule has 1 heterocycles. The Kier molecular flexibility index (Phi) is 3.84. The van der Waals surface area contributed by atoms with Gasteiger partial charge < -0.3 is 10.7 Å². The van der Waals surface area contributed by atoms with Crippen molar-refractivity contribution < 1.29 is 0 Å². The highest BCUT2D eigenvalue weighted by molar-refractivity contribution is 9.10. The minimum absolute atomic E-state index is 0.632. The number of hydrogen-bond acceptors (Lipinski definition) is 4. The van der Waals surface area contributed by atoms with Gasteiger partial charge in [0.1, 0.15) is 5.82 Å². The van der Waals surface area contributed by atoms with Gasteiger partial charge in [0.15, 0.2) is 0 Å². The molecule has 0 aliphatic heterocycles. The molecule has 0 aliphatic carbocycles. The number of hydrazine groups is 1. The molecule has 0 aliphatic rings. The van der Waals surface area contributed by atoms with E-state index in [-0.39, 0.29) is 0 Å². The molecule has 0 amide bonds. The molecule has 0 spiro atoms. The number of nitrogens with two attached hydrogens (primary N) is 1. The summed E-state index contributed by atoms with van der Waals surface area (Å²) in [6.07, 6.45) is 1.71. The van der Waals surface area contributed by atoms with E-state index in [1.807, 2.05) is 12.1 Å². The topological polar surface area (TPSA) is 63.0 Å². The van der Waals surface area contributed by atoms with Crippen LogP contribution in [0.5, 0.6) is 0 Å². The molecular weight excluding hydrogens is 292 g/mol. The Labute approximate surface area is 115 Å². The van der Waals surface area contributed by atoms with Crippen LogP contribution in [0, 0.1) is 13.8 Å². The van der Waals surface area contributed by atoms with Gasteiger partial charge in [-0.1, -0.05) is 15.9 Å². The maximum absolute atomic E-state index is 5.35. The van der Waals surface area contributed by atoms with Crippen LogP contribution in [-0.4, -0.2) is 4.98 Å². The average Bonchev–Trinajstić information content (AvgIpc) is 2.34. The summed E-state index contributed by atoms with van der Waals surface area (Å²) in [5.41, 5.74) is 6.95. The maximum atomic E-state index is 5.35. The van der Waals surface area contributed by atoms with E-state index in [1.54, 1.807) is 6.20 Å². The highest BCUT2D eigenvalue weighted by Crippen LogP contribution is 2.28. The Morgan fingerprint density at radius 3 is 2.44 bits per heavy atom. The lowest BCUT2D eigenvalue weighted by molar-refractivity contribution is 1.22. The fraction of sp³-hybridized carbons (Fsp3) is 0.154. The third kappa shape index (κ3) is 2.80. The molecule has 0 radical (unpaired) electrons. The molecule has 0 unspecified atom stereocenters. The van der Waals surface area contributed by atoms with E-state index in [0.29, 0.717) is 5.82 Å². The van der Waals surface area contributed by atoms with E-state index in [9.17, 15) is 0 Å². The Hall–Kier alpha value is -1.59. The van der Waals surface area contributed by atoms with Gasteiger partial charge in [-0.05, 0) is 43.2 Å². The van der Waals surface area contributed by atoms with Crippen LogP contribution in [0.15, 0.2) is 34.9 Å². The van der Waals surface area contributed by atoms with Gasteiger partial charge in [0.05, 0.1) is 0 Å². The number of halogens is 1. The first-order valence-corrected chi connectivity index (χ1v) is 6.36. The van der Waals surface area contributed by atoms with Crippen LogP contribution in [0.1, 0.15) is 11.1 Å². The normalized spacial score (nSPS) is 10.2. The predicted molar refractivity (Wildman–Crippen MR) is 78.9 cm³/mol. The van der Waals surface area contributed by atoms with Gasteiger partial charge in [-0.2, -0.15) is 0 Å². The number of anilines is 3. The number of rotatable bonds is 3. The zero-order valence-electron chi connectivity index (χ0n) is 10.3. The van der Waals surface area contributed by atoms with E-state index in [4.69, 9.17) is 5.84 Å². The van der Waals surface area contributed by atoms with Gasteiger partial charge in [-0.3, -0.25) is 0 Å². The van der Waals surface area contributed by atoms with E-state index in [1.165, 1.54) is 11.1 Å². The molecule has 0 bridgehead atoms. The molecule has 0 saturated heterocycles. The number of nitrogens with zero attached hydrogens (tertiary/aromatic N) is 1. The molecule has 2 aromatic rings. The van der Waals surface area contributed by atoms with E-state index in [2.05, 4.69) is 57.6 Å². The third-order valence-corrected chi connectivity index (χ3v) is 3.13. The zero-order chi connectivity index (χ0) is 13.1. The van der Waals surface area contributed by atoms with Crippen molar-refractivity contribution in [3.8, 4) is 0 Å². The first kappa shape index (κ1) is 12.9. The van der Waals surface area contributed by atoms with Crippen molar-refractivity contribution in [2.24, 2.45) is 5.84 Å². The second-order valence-corrected chi connectivity index (χ2v) is 5.03. The summed E-state index contributed by atoms with van der Waals surface area (Å²) in [4.78, 5) is 4.07. The van der Waals surface area contributed by atoms with Crippen molar-refractivity contribution in [2.45, 2.75) is 13.8 Å². The first-order chi connectivity index (χ1) is 8.60. The van der Waals surface area contributed by atoms with Crippen molar-refractivity contribution in [3.05, 3.63) is 46.1 Å². The number of pyridine rings is 1. The van der Waals surface area contributed by atoms with Crippen molar-refractivity contribution in [1.82, 2.24) is 4.98 Å². The summed E-state index contributed by atoms with van der Waals surface area (Å²) in [7, 11) is 0. The highest BCUT2D eigenvalue weighted by atomic mass is 79.9. The fourth-order valence-electron chi connectivity index (χ4n) is 1.84. The molecule has 0 atom stereocenters. The number of aromatic nitrogens is 1. The van der Waals surface area contributed by atoms with Gasteiger partial charge in [-0.25, -0.2) is 10.8 Å². The molecule has 0 saturated carbocycles. The average molecular weight is 307 g/mol. The molecule has 1 aromatic heterocycles. The SMILES string of the molecule is Cc1cc(Br)cc(C)c1Nc1ccnc(NN)c1. The molecule has 4 N–H and O–H groups in total. The predicted octanol–water partition coefficient (Wildman–Crippen LogP) is 3.49. The maximum Gasteiger partial charge on any atom is 0.141 e. The first-order valence-electron chi connectivity index (χ1n) is 5.56. The largest absolute Gasteiger partial charge is 0.355 e. The number of hydrogen-bond donors (Lipinski definition) is 3. The lowest BCUT2D eigenvalue weighted by Crippen LogP contribution is -2.08. The second-order valence-electron chi connectivity index (χ2n) is 4.11. The van der Waals surface area contributed by atoms with Crippen LogP contribution in [-0.2, 0) is 0 Å². The van der Waals surface area contributed by atoms with Gasteiger partial charge in [-0.15, -0.1) is 0 Å². The molecule has 18 heavy (non-hydrogen) atoms. The van der Waals surface area contributed by atoms with Gasteiger partial charge in [0, 0.05) is 28.1 Å². The van der Waals surface area contributed by atoms with Crippen molar-refractivity contribution >= 4 is 33.1 Å². The molecule has 2 rings (SSSR count).